The van der Waals surface area contributed by atoms with Crippen LogP contribution in [0.5, 0.6) is 17.2 Å². The summed E-state index contributed by atoms with van der Waals surface area (Å²) in [5.74, 6) is 1.39. The minimum Gasteiger partial charge on any atom is -0.490 e. The zero-order valence-electron chi connectivity index (χ0n) is 20.1. The number of carbonyl (C=O) groups is 1. The van der Waals surface area contributed by atoms with E-state index in [1.807, 2.05) is 91.9 Å². The lowest BCUT2D eigenvalue weighted by atomic mass is 10.2. The number of carbonyl (C=O) groups excluding carboxylic acids is 1. The van der Waals surface area contributed by atoms with Gasteiger partial charge < -0.3 is 14.2 Å². The van der Waals surface area contributed by atoms with Crippen LogP contribution >= 0.6 is 0 Å². The maximum atomic E-state index is 12.8. The van der Waals surface area contributed by atoms with E-state index in [0.29, 0.717) is 42.6 Å². The Morgan fingerprint density at radius 3 is 2.00 bits per heavy atom. The maximum Gasteiger partial charge on any atom is 0.275 e. The molecule has 36 heavy (non-hydrogen) atoms. The lowest BCUT2D eigenvalue weighted by Gasteiger charge is -2.12. The van der Waals surface area contributed by atoms with Crippen LogP contribution < -0.4 is 19.6 Å². The van der Waals surface area contributed by atoms with Crippen LogP contribution in [0.2, 0.25) is 0 Å². The highest BCUT2D eigenvalue weighted by Gasteiger charge is 2.12. The number of hydrogen-bond acceptors (Lipinski definition) is 5. The molecule has 0 unspecified atom stereocenters. The van der Waals surface area contributed by atoms with Crippen LogP contribution in [0.4, 0.5) is 0 Å². The summed E-state index contributed by atoms with van der Waals surface area (Å²) in [5, 5.41) is 4.13. The predicted octanol–water partition coefficient (Wildman–Crippen LogP) is 6.01. The summed E-state index contributed by atoms with van der Waals surface area (Å²) in [6, 6.07) is 32.4. The van der Waals surface area contributed by atoms with Gasteiger partial charge in [0, 0.05) is 0 Å². The molecule has 0 radical (unpaired) electrons. The molecule has 0 aliphatic rings. The van der Waals surface area contributed by atoms with Gasteiger partial charge in [-0.2, -0.15) is 5.10 Å². The number of rotatable bonds is 11. The van der Waals surface area contributed by atoms with E-state index >= 15 is 0 Å². The number of hydrogen-bond donors (Lipinski definition) is 1. The molecule has 0 saturated carbocycles. The Labute approximate surface area is 211 Å². The highest BCUT2D eigenvalue weighted by atomic mass is 16.5. The number of nitrogens with one attached hydrogen (secondary N) is 1. The zero-order valence-corrected chi connectivity index (χ0v) is 20.1. The molecule has 4 aromatic rings. The molecule has 0 heterocycles. The molecular weight excluding hydrogens is 452 g/mol. The molecule has 0 saturated heterocycles. The van der Waals surface area contributed by atoms with Gasteiger partial charge in [0.1, 0.15) is 19.0 Å². The SMILES string of the molecule is CCOc1cc(/C=N/NC(=O)c2ccccc2OCc2ccccc2)ccc1OCc1ccccc1. The van der Waals surface area contributed by atoms with Crippen molar-refractivity contribution in [2.45, 2.75) is 20.1 Å². The third kappa shape index (κ3) is 6.96. The van der Waals surface area contributed by atoms with E-state index in [1.165, 1.54) is 0 Å². The molecular formula is C30H28N2O4. The van der Waals surface area contributed by atoms with E-state index in [4.69, 9.17) is 14.2 Å². The number of nitrogens with zero attached hydrogens (tertiary/aromatic N) is 1. The Morgan fingerprint density at radius 1 is 0.722 bits per heavy atom. The van der Waals surface area contributed by atoms with Crippen molar-refractivity contribution >= 4 is 12.1 Å². The Bertz CT molecular complexity index is 1290. The Balaban J connectivity index is 1.38. The number of benzene rings is 4. The largest absolute Gasteiger partial charge is 0.490 e. The molecule has 1 N–H and O–H groups in total. The van der Waals surface area contributed by atoms with Crippen molar-refractivity contribution in [1.29, 1.82) is 0 Å². The van der Waals surface area contributed by atoms with Crippen molar-refractivity contribution in [3.8, 4) is 17.2 Å². The first-order chi connectivity index (χ1) is 17.7. The first kappa shape index (κ1) is 24.5. The highest BCUT2D eigenvalue weighted by molar-refractivity contribution is 5.97. The molecule has 0 aliphatic carbocycles. The molecule has 0 atom stereocenters. The standard InChI is InChI=1S/C30H28N2O4/c1-2-34-29-19-25(17-18-28(29)36-22-24-13-7-4-8-14-24)20-31-32-30(33)26-15-9-10-16-27(26)35-21-23-11-5-3-6-12-23/h3-20H,2,21-22H2,1H3,(H,32,33)/b31-20+. The fourth-order valence-electron chi connectivity index (χ4n) is 3.47. The van der Waals surface area contributed by atoms with Crippen LogP contribution in [0.3, 0.4) is 0 Å². The molecule has 6 heteroatoms. The maximum absolute atomic E-state index is 12.8. The van der Waals surface area contributed by atoms with E-state index in [2.05, 4.69) is 10.5 Å². The predicted molar refractivity (Wildman–Crippen MR) is 141 cm³/mol. The van der Waals surface area contributed by atoms with Crippen molar-refractivity contribution in [1.82, 2.24) is 5.43 Å². The van der Waals surface area contributed by atoms with Crippen molar-refractivity contribution in [3.63, 3.8) is 0 Å². The second kappa shape index (κ2) is 12.8. The first-order valence-corrected chi connectivity index (χ1v) is 11.8. The zero-order chi connectivity index (χ0) is 25.0. The Morgan fingerprint density at radius 2 is 1.33 bits per heavy atom. The summed E-state index contributed by atoms with van der Waals surface area (Å²) in [6.45, 7) is 3.22. The Kier molecular flexibility index (Phi) is 8.70. The van der Waals surface area contributed by atoms with Crippen LogP contribution in [-0.2, 0) is 13.2 Å². The third-order valence-corrected chi connectivity index (χ3v) is 5.25. The lowest BCUT2D eigenvalue weighted by molar-refractivity contribution is 0.0950. The minimum atomic E-state index is -0.359. The lowest BCUT2D eigenvalue weighted by Crippen LogP contribution is -2.18. The third-order valence-electron chi connectivity index (χ3n) is 5.25. The van der Waals surface area contributed by atoms with Crippen molar-refractivity contribution in [2.24, 2.45) is 5.10 Å². The molecule has 0 aromatic heterocycles. The number of amides is 1. The molecule has 1 amide bonds. The Hall–Kier alpha value is -4.58. The minimum absolute atomic E-state index is 0.359. The van der Waals surface area contributed by atoms with Gasteiger partial charge in [0.05, 0.1) is 18.4 Å². The van der Waals surface area contributed by atoms with Crippen LogP contribution in [0.25, 0.3) is 0 Å². The van der Waals surface area contributed by atoms with Crippen molar-refractivity contribution < 1.29 is 19.0 Å². The van der Waals surface area contributed by atoms with E-state index < -0.39 is 0 Å². The molecule has 0 spiro atoms. The number of hydrazone groups is 1. The van der Waals surface area contributed by atoms with Gasteiger partial charge in [-0.05, 0) is 53.9 Å². The fraction of sp³-hybridized carbons (Fsp3) is 0.133. The summed E-state index contributed by atoms with van der Waals surface area (Å²) < 4.78 is 17.6. The van der Waals surface area contributed by atoms with Crippen molar-refractivity contribution in [2.75, 3.05) is 6.61 Å². The van der Waals surface area contributed by atoms with E-state index in [-0.39, 0.29) is 5.91 Å². The number of ether oxygens (including phenoxy) is 3. The van der Waals surface area contributed by atoms with Crippen molar-refractivity contribution in [3.05, 3.63) is 125 Å². The average Bonchev–Trinajstić information content (AvgIpc) is 2.93. The quantitative estimate of drug-likeness (QED) is 0.211. The molecule has 4 aromatic carbocycles. The second-order valence-electron chi connectivity index (χ2n) is 7.88. The van der Waals surface area contributed by atoms with Gasteiger partial charge in [-0.3, -0.25) is 4.79 Å². The van der Waals surface area contributed by atoms with Gasteiger partial charge in [0.15, 0.2) is 11.5 Å². The topological polar surface area (TPSA) is 69.2 Å². The van der Waals surface area contributed by atoms with Gasteiger partial charge in [-0.25, -0.2) is 5.43 Å². The first-order valence-electron chi connectivity index (χ1n) is 11.8. The van der Waals surface area contributed by atoms with Crippen LogP contribution in [0, 0.1) is 0 Å². The van der Waals surface area contributed by atoms with E-state index in [9.17, 15) is 4.79 Å². The molecule has 0 fully saturated rings. The van der Waals surface area contributed by atoms with E-state index in [1.54, 1.807) is 24.4 Å². The highest BCUT2D eigenvalue weighted by Crippen LogP contribution is 2.29. The number of para-hydroxylation sites is 1. The van der Waals surface area contributed by atoms with Crippen LogP contribution in [-0.4, -0.2) is 18.7 Å². The van der Waals surface area contributed by atoms with Gasteiger partial charge in [0.25, 0.3) is 5.91 Å². The molecule has 6 nitrogen and oxygen atoms in total. The molecule has 4 rings (SSSR count). The average molecular weight is 481 g/mol. The monoisotopic (exact) mass is 480 g/mol. The normalized spacial score (nSPS) is 10.7. The summed E-state index contributed by atoms with van der Waals surface area (Å²) in [4.78, 5) is 12.8. The summed E-state index contributed by atoms with van der Waals surface area (Å²) in [5.41, 5.74) is 5.84. The van der Waals surface area contributed by atoms with Gasteiger partial charge >= 0.3 is 0 Å². The van der Waals surface area contributed by atoms with E-state index in [0.717, 1.165) is 16.7 Å². The smallest absolute Gasteiger partial charge is 0.275 e. The molecule has 182 valence electrons. The molecule has 0 bridgehead atoms. The summed E-state index contributed by atoms with van der Waals surface area (Å²) in [6.07, 6.45) is 1.56. The van der Waals surface area contributed by atoms with Crippen LogP contribution in [0.15, 0.2) is 108 Å². The fourth-order valence-corrected chi connectivity index (χ4v) is 3.47. The van der Waals surface area contributed by atoms with Gasteiger partial charge in [-0.1, -0.05) is 72.8 Å². The summed E-state index contributed by atoms with van der Waals surface area (Å²) >= 11 is 0. The van der Waals surface area contributed by atoms with Gasteiger partial charge in [-0.15, -0.1) is 0 Å². The molecule has 0 aliphatic heterocycles. The van der Waals surface area contributed by atoms with Crippen LogP contribution in [0.1, 0.15) is 34.0 Å². The second-order valence-corrected chi connectivity index (χ2v) is 7.88. The van der Waals surface area contributed by atoms with Gasteiger partial charge in [0.2, 0.25) is 0 Å². The summed E-state index contributed by atoms with van der Waals surface area (Å²) in [7, 11) is 0.